The predicted octanol–water partition coefficient (Wildman–Crippen LogP) is 3.43. The van der Waals surface area contributed by atoms with Gasteiger partial charge in [-0.1, -0.05) is 42.0 Å². The Morgan fingerprint density at radius 1 is 1.00 bits per heavy atom. The maximum Gasteiger partial charge on any atom is 0.0970 e. The van der Waals surface area contributed by atoms with Gasteiger partial charge in [0, 0.05) is 5.56 Å². The Hall–Kier alpha value is -2.55. The SMILES string of the molecule is Cc1cccc(-c2c(N)cnn2-c2ccccc2)c1. The molecule has 2 N–H and O–H groups in total. The van der Waals surface area contributed by atoms with Crippen LogP contribution in [0.3, 0.4) is 0 Å². The topological polar surface area (TPSA) is 43.8 Å². The molecular formula is C16H15N3. The molecule has 0 saturated heterocycles. The Morgan fingerprint density at radius 2 is 1.79 bits per heavy atom. The number of benzene rings is 2. The van der Waals surface area contributed by atoms with Gasteiger partial charge in [0.05, 0.1) is 23.3 Å². The summed E-state index contributed by atoms with van der Waals surface area (Å²) in [5.74, 6) is 0. The van der Waals surface area contributed by atoms with Crippen LogP contribution in [0.25, 0.3) is 16.9 Å². The first-order valence-electron chi connectivity index (χ1n) is 6.21. The van der Waals surface area contributed by atoms with Gasteiger partial charge in [-0.05, 0) is 25.1 Å². The molecule has 0 saturated carbocycles. The molecule has 94 valence electrons. The minimum atomic E-state index is 0.689. The zero-order valence-electron chi connectivity index (χ0n) is 10.7. The van der Waals surface area contributed by atoms with Crippen LogP contribution in [0.5, 0.6) is 0 Å². The number of aryl methyl sites for hydroxylation is 1. The lowest BCUT2D eigenvalue weighted by molar-refractivity contribution is 0.888. The number of para-hydroxylation sites is 1. The average Bonchev–Trinajstić information content (AvgIpc) is 2.82. The molecule has 0 aliphatic rings. The molecule has 19 heavy (non-hydrogen) atoms. The fraction of sp³-hybridized carbons (Fsp3) is 0.0625. The fourth-order valence-corrected chi connectivity index (χ4v) is 2.21. The van der Waals surface area contributed by atoms with Gasteiger partial charge in [-0.15, -0.1) is 0 Å². The highest BCUT2D eigenvalue weighted by Gasteiger charge is 2.12. The number of hydrogen-bond donors (Lipinski definition) is 1. The minimum absolute atomic E-state index is 0.689. The lowest BCUT2D eigenvalue weighted by Crippen LogP contribution is -2.00. The number of aromatic nitrogens is 2. The van der Waals surface area contributed by atoms with Crippen LogP contribution in [-0.4, -0.2) is 9.78 Å². The summed E-state index contributed by atoms with van der Waals surface area (Å²) in [6.07, 6.45) is 1.70. The van der Waals surface area contributed by atoms with E-state index in [9.17, 15) is 0 Å². The molecule has 3 rings (SSSR count). The Labute approximate surface area is 112 Å². The molecule has 0 radical (unpaired) electrons. The van der Waals surface area contributed by atoms with Crippen molar-refractivity contribution in [3.63, 3.8) is 0 Å². The summed E-state index contributed by atoms with van der Waals surface area (Å²) in [5.41, 5.74) is 11.0. The summed E-state index contributed by atoms with van der Waals surface area (Å²) in [4.78, 5) is 0. The van der Waals surface area contributed by atoms with Crippen molar-refractivity contribution in [2.45, 2.75) is 6.92 Å². The van der Waals surface area contributed by atoms with Crippen LogP contribution in [0.1, 0.15) is 5.56 Å². The summed E-state index contributed by atoms with van der Waals surface area (Å²) in [7, 11) is 0. The number of hydrogen-bond acceptors (Lipinski definition) is 2. The Kier molecular flexibility index (Phi) is 2.80. The first-order valence-corrected chi connectivity index (χ1v) is 6.21. The van der Waals surface area contributed by atoms with Crippen molar-refractivity contribution in [3.05, 3.63) is 66.4 Å². The first-order chi connectivity index (χ1) is 9.25. The average molecular weight is 249 g/mol. The molecule has 1 heterocycles. The molecule has 0 spiro atoms. The molecule has 3 aromatic rings. The monoisotopic (exact) mass is 249 g/mol. The first kappa shape index (κ1) is 11.5. The lowest BCUT2D eigenvalue weighted by atomic mass is 10.1. The van der Waals surface area contributed by atoms with Crippen LogP contribution in [0.15, 0.2) is 60.8 Å². The normalized spacial score (nSPS) is 10.6. The Balaban J connectivity index is 2.20. The second-order valence-corrected chi connectivity index (χ2v) is 4.57. The molecule has 0 aliphatic carbocycles. The van der Waals surface area contributed by atoms with Gasteiger partial charge in [0.15, 0.2) is 0 Å². The van der Waals surface area contributed by atoms with E-state index >= 15 is 0 Å². The van der Waals surface area contributed by atoms with E-state index in [1.807, 2.05) is 41.1 Å². The molecule has 0 fully saturated rings. The van der Waals surface area contributed by atoms with Crippen molar-refractivity contribution >= 4 is 5.69 Å². The molecule has 0 unspecified atom stereocenters. The van der Waals surface area contributed by atoms with E-state index in [-0.39, 0.29) is 0 Å². The highest BCUT2D eigenvalue weighted by Crippen LogP contribution is 2.28. The zero-order valence-corrected chi connectivity index (χ0v) is 10.7. The van der Waals surface area contributed by atoms with E-state index < -0.39 is 0 Å². The van der Waals surface area contributed by atoms with Gasteiger partial charge in [0.25, 0.3) is 0 Å². The standard InChI is InChI=1S/C16H15N3/c1-12-6-5-7-13(10-12)16-15(17)11-18-19(16)14-8-3-2-4-9-14/h2-11H,17H2,1H3. The Morgan fingerprint density at radius 3 is 2.53 bits per heavy atom. The van der Waals surface area contributed by atoms with E-state index in [1.165, 1.54) is 5.56 Å². The molecular weight excluding hydrogens is 234 g/mol. The lowest BCUT2D eigenvalue weighted by Gasteiger charge is -2.09. The number of nitrogens with two attached hydrogens (primary N) is 1. The summed E-state index contributed by atoms with van der Waals surface area (Å²) in [6.45, 7) is 2.07. The van der Waals surface area contributed by atoms with Crippen LogP contribution in [0.4, 0.5) is 5.69 Å². The highest BCUT2D eigenvalue weighted by molar-refractivity contribution is 5.74. The molecule has 3 heteroatoms. The van der Waals surface area contributed by atoms with Gasteiger partial charge in [0.2, 0.25) is 0 Å². The van der Waals surface area contributed by atoms with E-state index in [0.29, 0.717) is 5.69 Å². The van der Waals surface area contributed by atoms with Gasteiger partial charge in [-0.2, -0.15) is 5.10 Å². The largest absolute Gasteiger partial charge is 0.396 e. The molecule has 0 atom stereocenters. The predicted molar refractivity (Wildman–Crippen MR) is 78.1 cm³/mol. The summed E-state index contributed by atoms with van der Waals surface area (Å²) in [6, 6.07) is 18.3. The van der Waals surface area contributed by atoms with Crippen molar-refractivity contribution in [1.82, 2.24) is 9.78 Å². The van der Waals surface area contributed by atoms with Crippen molar-refractivity contribution < 1.29 is 0 Å². The van der Waals surface area contributed by atoms with Gasteiger partial charge >= 0.3 is 0 Å². The van der Waals surface area contributed by atoms with Crippen molar-refractivity contribution in [3.8, 4) is 16.9 Å². The molecule has 0 aliphatic heterocycles. The number of nitrogens with zero attached hydrogens (tertiary/aromatic N) is 2. The van der Waals surface area contributed by atoms with E-state index in [0.717, 1.165) is 16.9 Å². The zero-order chi connectivity index (χ0) is 13.2. The minimum Gasteiger partial charge on any atom is -0.396 e. The third-order valence-electron chi connectivity index (χ3n) is 3.09. The second-order valence-electron chi connectivity index (χ2n) is 4.57. The molecule has 0 amide bonds. The number of rotatable bonds is 2. The summed E-state index contributed by atoms with van der Waals surface area (Å²) < 4.78 is 1.88. The fourth-order valence-electron chi connectivity index (χ4n) is 2.21. The third-order valence-corrected chi connectivity index (χ3v) is 3.09. The maximum absolute atomic E-state index is 6.08. The van der Waals surface area contributed by atoms with Crippen LogP contribution in [0.2, 0.25) is 0 Å². The molecule has 0 bridgehead atoms. The van der Waals surface area contributed by atoms with E-state index in [4.69, 9.17) is 5.73 Å². The van der Waals surface area contributed by atoms with Crippen molar-refractivity contribution in [2.75, 3.05) is 5.73 Å². The van der Waals surface area contributed by atoms with Gasteiger partial charge in [0.1, 0.15) is 0 Å². The smallest absolute Gasteiger partial charge is 0.0970 e. The van der Waals surface area contributed by atoms with Crippen LogP contribution in [-0.2, 0) is 0 Å². The maximum atomic E-state index is 6.08. The van der Waals surface area contributed by atoms with Crippen molar-refractivity contribution in [1.29, 1.82) is 0 Å². The molecule has 1 aromatic heterocycles. The summed E-state index contributed by atoms with van der Waals surface area (Å²) in [5, 5.41) is 4.38. The van der Waals surface area contributed by atoms with E-state index in [2.05, 4.69) is 30.2 Å². The Bertz CT molecular complexity index is 699. The van der Waals surface area contributed by atoms with Crippen molar-refractivity contribution in [2.24, 2.45) is 0 Å². The third kappa shape index (κ3) is 2.10. The second kappa shape index (κ2) is 4.61. The highest BCUT2D eigenvalue weighted by atomic mass is 15.3. The van der Waals surface area contributed by atoms with Gasteiger partial charge in [-0.25, -0.2) is 4.68 Å². The van der Waals surface area contributed by atoms with Crippen LogP contribution in [0, 0.1) is 6.92 Å². The van der Waals surface area contributed by atoms with Gasteiger partial charge in [-0.3, -0.25) is 0 Å². The summed E-state index contributed by atoms with van der Waals surface area (Å²) >= 11 is 0. The van der Waals surface area contributed by atoms with E-state index in [1.54, 1.807) is 6.20 Å². The molecule has 3 nitrogen and oxygen atoms in total. The van der Waals surface area contributed by atoms with Crippen LogP contribution < -0.4 is 5.73 Å². The quantitative estimate of drug-likeness (QED) is 0.756. The van der Waals surface area contributed by atoms with Gasteiger partial charge < -0.3 is 5.73 Å². The van der Waals surface area contributed by atoms with Crippen LogP contribution >= 0.6 is 0 Å². The number of anilines is 1. The number of nitrogen functional groups attached to an aromatic ring is 1. The molecule has 2 aromatic carbocycles.